The maximum atomic E-state index is 11.9. The average molecular weight is 286 g/mol. The lowest BCUT2D eigenvalue weighted by Gasteiger charge is -2.34. The fourth-order valence-corrected chi connectivity index (χ4v) is 2.17. The van der Waals surface area contributed by atoms with Crippen LogP contribution in [0.3, 0.4) is 0 Å². The molecule has 0 unspecified atom stereocenters. The van der Waals surface area contributed by atoms with Crippen molar-refractivity contribution in [3.8, 4) is 0 Å². The first-order valence-electron chi connectivity index (χ1n) is 6.61. The molecule has 20 heavy (non-hydrogen) atoms. The van der Waals surface area contributed by atoms with E-state index in [9.17, 15) is 19.5 Å². The molecule has 1 heterocycles. The maximum absolute atomic E-state index is 11.9. The molecule has 0 aliphatic carbocycles. The number of carbonyl (C=O) groups excluding carboxylic acids is 2. The number of carboxylic acids is 1. The summed E-state index contributed by atoms with van der Waals surface area (Å²) in [5, 5.41) is 14.5. The first kappa shape index (κ1) is 16.3. The van der Waals surface area contributed by atoms with Crippen LogP contribution in [0, 0.1) is 5.92 Å². The molecule has 0 spiro atoms. The van der Waals surface area contributed by atoms with Gasteiger partial charge in [-0.25, -0.2) is 9.59 Å². The summed E-state index contributed by atoms with van der Waals surface area (Å²) in [5.41, 5.74) is -2.37. The van der Waals surface area contributed by atoms with Gasteiger partial charge in [-0.15, -0.1) is 0 Å². The second-order valence-electron chi connectivity index (χ2n) is 6.02. The minimum atomic E-state index is -1.64. The van der Waals surface area contributed by atoms with Crippen LogP contribution in [0.4, 0.5) is 4.79 Å². The molecule has 0 aromatic heterocycles. The molecule has 7 heteroatoms. The van der Waals surface area contributed by atoms with Crippen LogP contribution in [0.25, 0.3) is 0 Å². The Bertz CT molecular complexity index is 415. The molecule has 1 fully saturated rings. The molecular weight excluding hydrogens is 264 g/mol. The number of hydrogen-bond donors (Lipinski definition) is 3. The van der Waals surface area contributed by atoms with Crippen molar-refractivity contribution in [2.24, 2.45) is 5.92 Å². The van der Waals surface area contributed by atoms with Crippen molar-refractivity contribution in [2.75, 3.05) is 6.54 Å². The highest BCUT2D eigenvalue weighted by atomic mass is 16.6. The molecule has 1 aliphatic heterocycles. The van der Waals surface area contributed by atoms with E-state index in [1.807, 2.05) is 0 Å². The van der Waals surface area contributed by atoms with Gasteiger partial charge in [0.05, 0.1) is 5.92 Å². The molecule has 1 saturated heterocycles. The summed E-state index contributed by atoms with van der Waals surface area (Å²) in [5.74, 6) is -2.50. The van der Waals surface area contributed by atoms with E-state index in [2.05, 4.69) is 10.6 Å². The van der Waals surface area contributed by atoms with Gasteiger partial charge in [0.25, 0.3) is 0 Å². The summed E-state index contributed by atoms with van der Waals surface area (Å²) >= 11 is 0. The largest absolute Gasteiger partial charge is 0.479 e. The highest BCUT2D eigenvalue weighted by Gasteiger charge is 2.49. The van der Waals surface area contributed by atoms with Gasteiger partial charge in [-0.2, -0.15) is 0 Å². The number of carboxylic acid groups (broad SMARTS) is 1. The van der Waals surface area contributed by atoms with Gasteiger partial charge in [0.1, 0.15) is 5.60 Å². The summed E-state index contributed by atoms with van der Waals surface area (Å²) in [6.45, 7) is 6.94. The summed E-state index contributed by atoms with van der Waals surface area (Å²) in [6.07, 6.45) is -0.193. The predicted molar refractivity (Wildman–Crippen MR) is 71.1 cm³/mol. The lowest BCUT2D eigenvalue weighted by atomic mass is 9.81. The standard InChI is InChI=1S/C13H22N2O5/c1-8-9(16)14-7-5-6-13(8,10(17)18)15-11(19)20-12(2,3)4/h8H,5-7H2,1-4H3,(H,14,16)(H,15,19)(H,17,18)/t8-,13+/m1/s1. The summed E-state index contributed by atoms with van der Waals surface area (Å²) in [7, 11) is 0. The topological polar surface area (TPSA) is 105 Å². The SMILES string of the molecule is C[C@@H]1C(=O)NCCC[C@@]1(NC(=O)OC(C)(C)C)C(=O)O. The molecule has 0 saturated carbocycles. The highest BCUT2D eigenvalue weighted by molar-refractivity contribution is 5.92. The van der Waals surface area contributed by atoms with Crippen molar-refractivity contribution in [3.63, 3.8) is 0 Å². The van der Waals surface area contributed by atoms with E-state index in [1.165, 1.54) is 6.92 Å². The molecule has 1 aliphatic rings. The van der Waals surface area contributed by atoms with Crippen LogP contribution in [-0.4, -0.2) is 40.8 Å². The third-order valence-corrected chi connectivity index (χ3v) is 3.29. The maximum Gasteiger partial charge on any atom is 0.408 e. The van der Waals surface area contributed by atoms with E-state index in [1.54, 1.807) is 20.8 Å². The normalized spacial score (nSPS) is 27.2. The Balaban J connectivity index is 2.99. The first-order chi connectivity index (χ1) is 9.08. The summed E-state index contributed by atoms with van der Waals surface area (Å²) < 4.78 is 5.09. The molecule has 1 rings (SSSR count). The lowest BCUT2D eigenvalue weighted by molar-refractivity contribution is -0.150. The van der Waals surface area contributed by atoms with Gasteiger partial charge >= 0.3 is 12.1 Å². The lowest BCUT2D eigenvalue weighted by Crippen LogP contribution is -2.61. The zero-order valence-electron chi connectivity index (χ0n) is 12.3. The molecule has 114 valence electrons. The van der Waals surface area contributed by atoms with E-state index < -0.39 is 29.1 Å². The van der Waals surface area contributed by atoms with Crippen molar-refractivity contribution in [3.05, 3.63) is 0 Å². The summed E-state index contributed by atoms with van der Waals surface area (Å²) in [4.78, 5) is 35.3. The van der Waals surface area contributed by atoms with Crippen molar-refractivity contribution >= 4 is 18.0 Å². The number of carbonyl (C=O) groups is 3. The second-order valence-corrected chi connectivity index (χ2v) is 6.02. The number of rotatable bonds is 2. The Kier molecular flexibility index (Phi) is 4.62. The monoisotopic (exact) mass is 286 g/mol. The number of alkyl carbamates (subject to hydrolysis) is 1. The van der Waals surface area contributed by atoms with Gasteiger partial charge < -0.3 is 20.5 Å². The van der Waals surface area contributed by atoms with Crippen LogP contribution in [0.1, 0.15) is 40.5 Å². The molecule has 2 amide bonds. The molecule has 2 atom stereocenters. The van der Waals surface area contributed by atoms with Crippen LogP contribution in [0.5, 0.6) is 0 Å². The van der Waals surface area contributed by atoms with Crippen LogP contribution >= 0.6 is 0 Å². The highest BCUT2D eigenvalue weighted by Crippen LogP contribution is 2.27. The van der Waals surface area contributed by atoms with Crippen molar-refractivity contribution in [2.45, 2.75) is 51.7 Å². The number of ether oxygens (including phenoxy) is 1. The average Bonchev–Trinajstić information content (AvgIpc) is 2.40. The molecule has 7 nitrogen and oxygen atoms in total. The predicted octanol–water partition coefficient (Wildman–Crippen LogP) is 0.881. The Hall–Kier alpha value is -1.79. The molecular formula is C13H22N2O5. The molecule has 0 aromatic carbocycles. The Morgan fingerprint density at radius 1 is 1.45 bits per heavy atom. The van der Waals surface area contributed by atoms with Gasteiger partial charge in [-0.1, -0.05) is 6.92 Å². The Morgan fingerprint density at radius 2 is 2.05 bits per heavy atom. The smallest absolute Gasteiger partial charge is 0.408 e. The van der Waals surface area contributed by atoms with Crippen molar-refractivity contribution in [1.29, 1.82) is 0 Å². The minimum Gasteiger partial charge on any atom is -0.479 e. The van der Waals surface area contributed by atoms with E-state index in [4.69, 9.17) is 4.74 Å². The Labute approximate surface area is 118 Å². The van der Waals surface area contributed by atoms with Crippen molar-refractivity contribution in [1.82, 2.24) is 10.6 Å². The third kappa shape index (κ3) is 3.61. The fraction of sp³-hybridized carbons (Fsp3) is 0.769. The second kappa shape index (κ2) is 5.68. The van der Waals surface area contributed by atoms with Gasteiger partial charge in [0, 0.05) is 6.54 Å². The fourth-order valence-electron chi connectivity index (χ4n) is 2.17. The van der Waals surface area contributed by atoms with Crippen molar-refractivity contribution < 1.29 is 24.2 Å². The zero-order valence-corrected chi connectivity index (χ0v) is 12.3. The molecule has 3 N–H and O–H groups in total. The van der Waals surface area contributed by atoms with Crippen LogP contribution in [0.2, 0.25) is 0 Å². The first-order valence-corrected chi connectivity index (χ1v) is 6.61. The van der Waals surface area contributed by atoms with E-state index >= 15 is 0 Å². The molecule has 0 radical (unpaired) electrons. The molecule has 0 aromatic rings. The van der Waals surface area contributed by atoms with E-state index in [-0.39, 0.29) is 12.3 Å². The quantitative estimate of drug-likeness (QED) is 0.699. The van der Waals surface area contributed by atoms with Gasteiger partial charge in [-0.3, -0.25) is 4.79 Å². The third-order valence-electron chi connectivity index (χ3n) is 3.29. The zero-order chi connectivity index (χ0) is 15.6. The minimum absolute atomic E-state index is 0.168. The number of aliphatic carboxylic acids is 1. The van der Waals surface area contributed by atoms with Gasteiger partial charge in [0.2, 0.25) is 5.91 Å². The van der Waals surface area contributed by atoms with Gasteiger partial charge in [-0.05, 0) is 33.6 Å². The van der Waals surface area contributed by atoms with Crippen LogP contribution < -0.4 is 10.6 Å². The van der Waals surface area contributed by atoms with Crippen LogP contribution in [0.15, 0.2) is 0 Å². The molecule has 0 bridgehead atoms. The van der Waals surface area contributed by atoms with E-state index in [0.717, 1.165) is 0 Å². The Morgan fingerprint density at radius 3 is 2.55 bits per heavy atom. The van der Waals surface area contributed by atoms with E-state index in [0.29, 0.717) is 13.0 Å². The number of nitrogens with one attached hydrogen (secondary N) is 2. The van der Waals surface area contributed by atoms with Crippen LogP contribution in [-0.2, 0) is 14.3 Å². The number of amides is 2. The summed E-state index contributed by atoms with van der Waals surface area (Å²) in [6, 6.07) is 0. The van der Waals surface area contributed by atoms with Gasteiger partial charge in [0.15, 0.2) is 5.54 Å². The number of hydrogen-bond acceptors (Lipinski definition) is 4.